The molecule has 4 aromatic heterocycles. The van der Waals surface area contributed by atoms with Gasteiger partial charge in [-0.3, -0.25) is 0 Å². The minimum Gasteiger partial charge on any atom is -0.383 e. The molecule has 4 aromatic rings. The molecule has 14 heteroatoms. The van der Waals surface area contributed by atoms with Gasteiger partial charge >= 0.3 is 0 Å². The third-order valence-corrected chi connectivity index (χ3v) is 5.93. The van der Waals surface area contributed by atoms with Crippen LogP contribution < -0.4 is 17.3 Å². The Kier molecular flexibility index (Phi) is 5.02. The lowest BCUT2D eigenvalue weighted by Gasteiger charge is -2.04. The average molecular weight is 431 g/mol. The number of rotatable bonds is 6. The van der Waals surface area contributed by atoms with Gasteiger partial charge in [-0.2, -0.15) is 0 Å². The molecule has 0 fully saturated rings. The predicted molar refractivity (Wildman–Crippen MR) is 110 cm³/mol. The van der Waals surface area contributed by atoms with E-state index in [0.29, 0.717) is 40.1 Å². The Bertz CT molecular complexity index is 1160. The third kappa shape index (κ3) is 3.97. The Morgan fingerprint density at radius 2 is 1.97 bits per heavy atom. The zero-order chi connectivity index (χ0) is 20.5. The molecule has 0 bridgehead atoms. The molecular weight excluding hydrogens is 412 g/mol. The van der Waals surface area contributed by atoms with Gasteiger partial charge in [-0.25, -0.2) is 24.3 Å². The number of aryl methyl sites for hydroxylation is 2. The van der Waals surface area contributed by atoms with Gasteiger partial charge in [-0.1, -0.05) is 28.3 Å². The summed E-state index contributed by atoms with van der Waals surface area (Å²) in [6.45, 7) is 4.08. The quantitative estimate of drug-likeness (QED) is 0.288. The number of nitrogens with zero attached hydrogens (tertiary/aromatic N) is 9. The van der Waals surface area contributed by atoms with Crippen molar-refractivity contribution in [2.75, 3.05) is 17.3 Å². The summed E-state index contributed by atoms with van der Waals surface area (Å²) in [5.74, 6) is 8.27. The van der Waals surface area contributed by atoms with Crippen LogP contribution in [0.3, 0.4) is 0 Å². The first-order valence-corrected chi connectivity index (χ1v) is 10.2. The van der Waals surface area contributed by atoms with Crippen molar-refractivity contribution in [1.29, 1.82) is 0 Å². The first-order chi connectivity index (χ1) is 13.9. The normalized spacial score (nSPS) is 11.2. The van der Waals surface area contributed by atoms with Crippen LogP contribution in [0.4, 0.5) is 10.9 Å². The Labute approximate surface area is 173 Å². The molecule has 0 spiro atoms. The molecule has 6 N–H and O–H groups in total. The molecule has 4 rings (SSSR count). The zero-order valence-corrected chi connectivity index (χ0v) is 17.3. The summed E-state index contributed by atoms with van der Waals surface area (Å²) in [6.07, 6.45) is 3.53. The fourth-order valence-corrected chi connectivity index (χ4v) is 4.13. The van der Waals surface area contributed by atoms with Crippen molar-refractivity contribution in [3.05, 3.63) is 35.2 Å². The molecule has 0 aliphatic heterocycles. The maximum atomic E-state index is 6.15. The van der Waals surface area contributed by atoms with E-state index >= 15 is 0 Å². The molecule has 0 atom stereocenters. The van der Waals surface area contributed by atoms with E-state index < -0.39 is 0 Å². The number of aromatic nitrogens is 9. The van der Waals surface area contributed by atoms with E-state index in [1.54, 1.807) is 17.8 Å². The second-order valence-corrected chi connectivity index (χ2v) is 8.14. The van der Waals surface area contributed by atoms with Crippen molar-refractivity contribution in [3.63, 3.8) is 0 Å². The standard InChI is InChI=1S/C15H18N12S2/c1-7-11(29-14(17)20-7)13-23-24-15(27(13)18)28-6-10-5-26(25-22-10)4-9-3-19-8(2)21-12(9)16/h3,5H,4,6,18H2,1-2H3,(H2,17,20)(H2,16,19,21). The van der Waals surface area contributed by atoms with Crippen molar-refractivity contribution < 1.29 is 0 Å². The van der Waals surface area contributed by atoms with Gasteiger partial charge in [0, 0.05) is 23.7 Å². The van der Waals surface area contributed by atoms with Crippen LogP contribution in [0.5, 0.6) is 0 Å². The van der Waals surface area contributed by atoms with Crippen molar-refractivity contribution in [2.45, 2.75) is 31.3 Å². The van der Waals surface area contributed by atoms with Crippen molar-refractivity contribution in [1.82, 2.24) is 44.8 Å². The van der Waals surface area contributed by atoms with E-state index in [0.717, 1.165) is 21.8 Å². The van der Waals surface area contributed by atoms with Crippen LogP contribution in [0, 0.1) is 13.8 Å². The van der Waals surface area contributed by atoms with Crippen LogP contribution in [0.1, 0.15) is 22.8 Å². The number of hydrogen-bond acceptors (Lipinski definition) is 12. The van der Waals surface area contributed by atoms with Crippen molar-refractivity contribution in [3.8, 4) is 10.7 Å². The SMILES string of the molecule is Cc1ncc(Cn2cc(CSc3nnc(-c4sc(N)nc4C)n3N)nn2)c(N)n1. The maximum absolute atomic E-state index is 6.15. The number of thioether (sulfide) groups is 1. The summed E-state index contributed by atoms with van der Waals surface area (Å²) >= 11 is 2.73. The lowest BCUT2D eigenvalue weighted by Crippen LogP contribution is -2.11. The lowest BCUT2D eigenvalue weighted by atomic mass is 10.3. The maximum Gasteiger partial charge on any atom is 0.210 e. The van der Waals surface area contributed by atoms with Crippen LogP contribution in [-0.2, 0) is 12.3 Å². The summed E-state index contributed by atoms with van der Waals surface area (Å²) in [5, 5.41) is 17.6. The van der Waals surface area contributed by atoms with E-state index in [-0.39, 0.29) is 0 Å². The largest absolute Gasteiger partial charge is 0.383 e. The molecule has 0 saturated heterocycles. The van der Waals surface area contributed by atoms with Crippen LogP contribution >= 0.6 is 23.1 Å². The molecule has 0 aliphatic carbocycles. The number of hydrogen-bond donors (Lipinski definition) is 3. The minimum absolute atomic E-state index is 0.437. The molecule has 0 amide bonds. The summed E-state index contributed by atoms with van der Waals surface area (Å²) in [7, 11) is 0. The summed E-state index contributed by atoms with van der Waals surface area (Å²) < 4.78 is 3.11. The third-order valence-electron chi connectivity index (χ3n) is 3.97. The molecule has 0 aliphatic rings. The second kappa shape index (κ2) is 7.63. The Morgan fingerprint density at radius 3 is 2.69 bits per heavy atom. The highest BCUT2D eigenvalue weighted by molar-refractivity contribution is 7.98. The monoisotopic (exact) mass is 430 g/mol. The van der Waals surface area contributed by atoms with Gasteiger partial charge in [0.2, 0.25) is 5.16 Å². The van der Waals surface area contributed by atoms with Gasteiger partial charge in [-0.05, 0) is 13.8 Å². The van der Waals surface area contributed by atoms with Gasteiger partial charge in [-0.15, -0.1) is 15.3 Å². The van der Waals surface area contributed by atoms with Crippen molar-refractivity contribution >= 4 is 34.0 Å². The second-order valence-electron chi connectivity index (χ2n) is 6.17. The lowest BCUT2D eigenvalue weighted by molar-refractivity contribution is 0.647. The predicted octanol–water partition coefficient (Wildman–Crippen LogP) is 0.619. The van der Waals surface area contributed by atoms with Crippen LogP contribution in [0.15, 0.2) is 17.6 Å². The Morgan fingerprint density at radius 1 is 1.14 bits per heavy atom. The molecular formula is C15H18N12S2. The fraction of sp³-hybridized carbons (Fsp3) is 0.267. The molecule has 12 nitrogen and oxygen atoms in total. The topological polar surface area (TPSA) is 178 Å². The minimum atomic E-state index is 0.437. The van der Waals surface area contributed by atoms with Gasteiger partial charge in [0.15, 0.2) is 11.0 Å². The zero-order valence-electron chi connectivity index (χ0n) is 15.6. The molecule has 150 valence electrons. The van der Waals surface area contributed by atoms with Gasteiger partial charge < -0.3 is 17.3 Å². The van der Waals surface area contributed by atoms with E-state index in [1.807, 2.05) is 13.1 Å². The smallest absolute Gasteiger partial charge is 0.210 e. The van der Waals surface area contributed by atoms with E-state index in [9.17, 15) is 0 Å². The van der Waals surface area contributed by atoms with Crippen molar-refractivity contribution in [2.24, 2.45) is 0 Å². The van der Waals surface area contributed by atoms with Crippen LogP contribution in [-0.4, -0.2) is 44.8 Å². The highest BCUT2D eigenvalue weighted by Gasteiger charge is 2.18. The van der Waals surface area contributed by atoms with Crippen LogP contribution in [0.2, 0.25) is 0 Å². The first kappa shape index (κ1) is 19.1. The van der Waals surface area contributed by atoms with E-state index in [1.165, 1.54) is 27.8 Å². The molecule has 0 unspecified atom stereocenters. The first-order valence-electron chi connectivity index (χ1n) is 8.44. The Balaban J connectivity index is 1.43. The summed E-state index contributed by atoms with van der Waals surface area (Å²) in [4.78, 5) is 13.3. The molecule has 0 radical (unpaired) electrons. The summed E-state index contributed by atoms with van der Waals surface area (Å²) in [6, 6.07) is 0. The average Bonchev–Trinajstić information content (AvgIpc) is 3.35. The highest BCUT2D eigenvalue weighted by Crippen LogP contribution is 2.31. The van der Waals surface area contributed by atoms with Crippen LogP contribution in [0.25, 0.3) is 10.7 Å². The fourth-order valence-electron chi connectivity index (χ4n) is 2.58. The van der Waals surface area contributed by atoms with E-state index in [4.69, 9.17) is 17.3 Å². The number of nitrogens with two attached hydrogens (primary N) is 3. The number of anilines is 2. The Hall–Kier alpha value is -3.26. The summed E-state index contributed by atoms with van der Waals surface area (Å²) in [5.41, 5.74) is 14.0. The number of nitrogen functional groups attached to an aromatic ring is 3. The molecule has 4 heterocycles. The van der Waals surface area contributed by atoms with E-state index in [2.05, 4.69) is 35.5 Å². The number of thiazole rings is 1. The van der Waals surface area contributed by atoms with Gasteiger partial charge in [0.25, 0.3) is 0 Å². The molecule has 29 heavy (non-hydrogen) atoms. The van der Waals surface area contributed by atoms with Gasteiger partial charge in [0.05, 0.1) is 22.8 Å². The highest BCUT2D eigenvalue weighted by atomic mass is 32.2. The van der Waals surface area contributed by atoms with Gasteiger partial charge in [0.1, 0.15) is 11.6 Å². The molecule has 0 aromatic carbocycles. The molecule has 0 saturated carbocycles.